The zero-order valence-electron chi connectivity index (χ0n) is 20.3. The minimum absolute atomic E-state index is 0.225. The second-order valence-electron chi connectivity index (χ2n) is 8.19. The Morgan fingerprint density at radius 1 is 0.806 bits per heavy atom. The van der Waals surface area contributed by atoms with Gasteiger partial charge in [-0.15, -0.1) is 0 Å². The Balaban J connectivity index is 1.79. The predicted octanol–water partition coefficient (Wildman–Crippen LogP) is 4.72. The van der Waals surface area contributed by atoms with Crippen LogP contribution in [0.2, 0.25) is 0 Å². The number of hydrogen-bond acceptors (Lipinski definition) is 6. The van der Waals surface area contributed by atoms with E-state index in [1.165, 1.54) is 21.3 Å². The Kier molecular flexibility index (Phi) is 5.72. The first-order chi connectivity index (χ1) is 17.5. The number of anilines is 1. The lowest BCUT2D eigenvalue weighted by atomic mass is 10.0. The van der Waals surface area contributed by atoms with Crippen molar-refractivity contribution in [3.63, 3.8) is 0 Å². The molecule has 3 aromatic carbocycles. The number of rotatable bonds is 7. The summed E-state index contributed by atoms with van der Waals surface area (Å²) in [6, 6.07) is 17.1. The van der Waals surface area contributed by atoms with E-state index in [1.807, 2.05) is 35.8 Å². The van der Waals surface area contributed by atoms with Gasteiger partial charge < -0.3 is 18.8 Å². The van der Waals surface area contributed by atoms with Gasteiger partial charge in [0, 0.05) is 17.5 Å². The number of carbonyl (C=O) groups excluding carboxylic acids is 3. The number of ketones is 1. The summed E-state index contributed by atoms with van der Waals surface area (Å²) in [5.41, 5.74) is 2.10. The minimum atomic E-state index is -0.464. The van der Waals surface area contributed by atoms with Crippen LogP contribution in [0.1, 0.15) is 43.7 Å². The van der Waals surface area contributed by atoms with Crippen LogP contribution in [0.15, 0.2) is 60.7 Å². The maximum atomic E-state index is 14.2. The fourth-order valence-electron chi connectivity index (χ4n) is 4.81. The summed E-state index contributed by atoms with van der Waals surface area (Å²) in [5, 5.41) is 0.629. The van der Waals surface area contributed by atoms with Gasteiger partial charge in [-0.2, -0.15) is 0 Å². The van der Waals surface area contributed by atoms with Gasteiger partial charge >= 0.3 is 0 Å². The molecule has 1 aliphatic heterocycles. The van der Waals surface area contributed by atoms with Crippen LogP contribution in [0.3, 0.4) is 0 Å². The number of fused-ring (bicyclic) bond motifs is 2. The van der Waals surface area contributed by atoms with Crippen molar-refractivity contribution in [1.82, 2.24) is 4.57 Å². The molecule has 8 nitrogen and oxygen atoms in total. The molecule has 0 unspecified atom stereocenters. The first-order valence-corrected chi connectivity index (χ1v) is 11.4. The van der Waals surface area contributed by atoms with Crippen molar-refractivity contribution in [2.24, 2.45) is 0 Å². The molecule has 1 aromatic heterocycles. The number of carbonyl (C=O) groups is 3. The Morgan fingerprint density at radius 3 is 1.89 bits per heavy atom. The zero-order chi connectivity index (χ0) is 25.6. The standard InChI is InChI=1S/C28H24N2O6/c1-5-29-20-13-9-8-12-19(20)23(30-27(32)17-10-6-7-11-18(17)28(30)33)24(29)25(31)16-14-21(34-2)26(36-4)22(15-16)35-3/h6-15H,5H2,1-4H3. The Bertz CT molecular complexity index is 1490. The number of amides is 2. The number of hydrogen-bond donors (Lipinski definition) is 0. The van der Waals surface area contributed by atoms with Crippen LogP contribution in [-0.4, -0.2) is 43.5 Å². The molecule has 0 N–H and O–H groups in total. The van der Waals surface area contributed by atoms with E-state index in [0.29, 0.717) is 40.3 Å². The third-order valence-corrected chi connectivity index (χ3v) is 6.42. The molecule has 2 heterocycles. The Labute approximate surface area is 207 Å². The van der Waals surface area contributed by atoms with Gasteiger partial charge in [-0.3, -0.25) is 14.4 Å². The minimum Gasteiger partial charge on any atom is -0.493 e. The Morgan fingerprint density at radius 2 is 1.36 bits per heavy atom. The number of nitrogens with zero attached hydrogens (tertiary/aromatic N) is 2. The number of benzene rings is 3. The lowest BCUT2D eigenvalue weighted by Crippen LogP contribution is -2.31. The van der Waals surface area contributed by atoms with Crippen LogP contribution in [0.4, 0.5) is 5.69 Å². The highest BCUT2D eigenvalue weighted by molar-refractivity contribution is 6.38. The predicted molar refractivity (Wildman–Crippen MR) is 135 cm³/mol. The maximum Gasteiger partial charge on any atom is 0.266 e. The topological polar surface area (TPSA) is 87.1 Å². The molecule has 0 bridgehead atoms. The highest BCUT2D eigenvalue weighted by Crippen LogP contribution is 2.42. The zero-order valence-corrected chi connectivity index (χ0v) is 20.3. The second kappa shape index (κ2) is 8.88. The van der Waals surface area contributed by atoms with Crippen LogP contribution in [0, 0.1) is 0 Å². The van der Waals surface area contributed by atoms with E-state index in [2.05, 4.69) is 0 Å². The smallest absolute Gasteiger partial charge is 0.266 e. The van der Waals surface area contributed by atoms with Crippen molar-refractivity contribution in [2.45, 2.75) is 13.5 Å². The summed E-state index contributed by atoms with van der Waals surface area (Å²) in [6.45, 7) is 2.35. The normalized spacial score (nSPS) is 12.7. The number of para-hydroxylation sites is 1. The summed E-state index contributed by atoms with van der Waals surface area (Å²) >= 11 is 0. The van der Waals surface area contributed by atoms with Gasteiger partial charge in [0.2, 0.25) is 11.5 Å². The molecule has 0 spiro atoms. The van der Waals surface area contributed by atoms with Gasteiger partial charge in [0.25, 0.3) is 11.8 Å². The molecule has 36 heavy (non-hydrogen) atoms. The summed E-state index contributed by atoms with van der Waals surface area (Å²) < 4.78 is 18.1. The van der Waals surface area contributed by atoms with E-state index >= 15 is 0 Å². The van der Waals surface area contributed by atoms with E-state index < -0.39 is 11.8 Å². The summed E-state index contributed by atoms with van der Waals surface area (Å²) in [6.07, 6.45) is 0. The van der Waals surface area contributed by atoms with E-state index in [4.69, 9.17) is 14.2 Å². The molecule has 0 aliphatic carbocycles. The molecule has 4 aromatic rings. The summed E-state index contributed by atoms with van der Waals surface area (Å²) in [4.78, 5) is 42.2. The van der Waals surface area contributed by atoms with Crippen molar-refractivity contribution >= 4 is 34.2 Å². The van der Waals surface area contributed by atoms with E-state index in [-0.39, 0.29) is 22.7 Å². The van der Waals surface area contributed by atoms with Crippen LogP contribution < -0.4 is 19.1 Å². The first-order valence-electron chi connectivity index (χ1n) is 11.4. The van der Waals surface area contributed by atoms with Crippen molar-refractivity contribution in [1.29, 1.82) is 0 Å². The molecule has 0 saturated carbocycles. The van der Waals surface area contributed by atoms with Crippen molar-refractivity contribution in [3.8, 4) is 17.2 Å². The molecule has 8 heteroatoms. The number of imide groups is 1. The van der Waals surface area contributed by atoms with Crippen molar-refractivity contribution in [3.05, 3.63) is 83.0 Å². The monoisotopic (exact) mass is 484 g/mol. The van der Waals surface area contributed by atoms with Crippen LogP contribution in [0.5, 0.6) is 17.2 Å². The third kappa shape index (κ3) is 3.25. The first kappa shape index (κ1) is 23.2. The molecule has 182 valence electrons. The molecule has 0 fully saturated rings. The molecular formula is C28H24N2O6. The fourth-order valence-corrected chi connectivity index (χ4v) is 4.81. The van der Waals surface area contributed by atoms with Gasteiger partial charge in [0.1, 0.15) is 5.69 Å². The molecule has 0 atom stereocenters. The van der Waals surface area contributed by atoms with Gasteiger partial charge in [0.15, 0.2) is 11.5 Å². The van der Waals surface area contributed by atoms with Gasteiger partial charge in [-0.1, -0.05) is 30.3 Å². The SMILES string of the molecule is CCn1c(C(=O)c2cc(OC)c(OC)c(OC)c2)c(N2C(=O)c3ccccc3C2=O)c2ccccc21. The van der Waals surface area contributed by atoms with Crippen LogP contribution >= 0.6 is 0 Å². The lowest BCUT2D eigenvalue weighted by molar-refractivity contribution is 0.0926. The average Bonchev–Trinajstić information content (AvgIpc) is 3.37. The number of aromatic nitrogens is 1. The van der Waals surface area contributed by atoms with E-state index in [9.17, 15) is 14.4 Å². The summed E-state index contributed by atoms with van der Waals surface area (Å²) in [7, 11) is 4.43. The largest absolute Gasteiger partial charge is 0.493 e. The van der Waals surface area contributed by atoms with Gasteiger partial charge in [-0.05, 0) is 37.3 Å². The van der Waals surface area contributed by atoms with Crippen LogP contribution in [0.25, 0.3) is 10.9 Å². The molecule has 0 radical (unpaired) electrons. The van der Waals surface area contributed by atoms with Gasteiger partial charge in [0.05, 0.1) is 43.7 Å². The number of aryl methyl sites for hydroxylation is 1. The van der Waals surface area contributed by atoms with E-state index in [1.54, 1.807) is 36.4 Å². The van der Waals surface area contributed by atoms with Crippen LogP contribution in [-0.2, 0) is 6.54 Å². The molecule has 5 rings (SSSR count). The molecule has 0 saturated heterocycles. The highest BCUT2D eigenvalue weighted by atomic mass is 16.5. The maximum absolute atomic E-state index is 14.2. The Hall–Kier alpha value is -4.59. The second-order valence-corrected chi connectivity index (χ2v) is 8.19. The van der Waals surface area contributed by atoms with Crippen molar-refractivity contribution < 1.29 is 28.6 Å². The lowest BCUT2D eigenvalue weighted by Gasteiger charge is -2.18. The van der Waals surface area contributed by atoms with Gasteiger partial charge in [-0.25, -0.2) is 4.90 Å². The third-order valence-electron chi connectivity index (χ3n) is 6.42. The number of ether oxygens (including phenoxy) is 3. The molecule has 2 amide bonds. The fraction of sp³-hybridized carbons (Fsp3) is 0.179. The van der Waals surface area contributed by atoms with Crippen molar-refractivity contribution in [2.75, 3.05) is 26.2 Å². The molecular weight excluding hydrogens is 460 g/mol. The van der Waals surface area contributed by atoms with E-state index in [0.717, 1.165) is 10.4 Å². The quantitative estimate of drug-likeness (QED) is 0.279. The summed E-state index contributed by atoms with van der Waals surface area (Å²) in [5.74, 6) is -0.322. The average molecular weight is 485 g/mol. The molecule has 1 aliphatic rings. The highest BCUT2D eigenvalue weighted by Gasteiger charge is 2.41. The number of methoxy groups -OCH3 is 3.